The first-order valence-corrected chi connectivity index (χ1v) is 8.98. The number of aromatic nitrogens is 3. The van der Waals surface area contributed by atoms with E-state index in [0.717, 1.165) is 31.0 Å². The molecule has 24 heavy (non-hydrogen) atoms. The van der Waals surface area contributed by atoms with Gasteiger partial charge in [-0.15, -0.1) is 5.10 Å². The molecule has 10 heteroatoms. The van der Waals surface area contributed by atoms with E-state index in [2.05, 4.69) is 20.8 Å². The minimum Gasteiger partial charge on any atom is -0.376 e. The molecule has 1 aromatic rings. The molecule has 3 N–H and O–H groups in total. The van der Waals surface area contributed by atoms with Gasteiger partial charge in [-0.3, -0.25) is 14.7 Å². The van der Waals surface area contributed by atoms with E-state index in [0.29, 0.717) is 18.3 Å². The number of thioether (sulfide) groups is 1. The Balaban J connectivity index is 1.84. The van der Waals surface area contributed by atoms with E-state index < -0.39 is 11.9 Å². The van der Waals surface area contributed by atoms with E-state index in [9.17, 15) is 14.4 Å². The van der Waals surface area contributed by atoms with Gasteiger partial charge in [0, 0.05) is 12.6 Å². The van der Waals surface area contributed by atoms with Crippen molar-refractivity contribution in [3.8, 4) is 0 Å². The van der Waals surface area contributed by atoms with E-state index in [-0.39, 0.29) is 23.6 Å². The molecule has 2 rings (SSSR count). The summed E-state index contributed by atoms with van der Waals surface area (Å²) in [5.74, 6) is -0.455. The Kier molecular flexibility index (Phi) is 6.85. The number of nitrogens with one attached hydrogen (secondary N) is 3. The fourth-order valence-corrected chi connectivity index (χ4v) is 2.98. The maximum Gasteiger partial charge on any atom is 0.344 e. The summed E-state index contributed by atoms with van der Waals surface area (Å²) in [7, 11) is 0. The van der Waals surface area contributed by atoms with Crippen molar-refractivity contribution in [2.24, 2.45) is 0 Å². The predicted molar refractivity (Wildman–Crippen MR) is 89.0 cm³/mol. The van der Waals surface area contributed by atoms with Gasteiger partial charge < -0.3 is 10.1 Å². The van der Waals surface area contributed by atoms with Crippen LogP contribution in [0.25, 0.3) is 0 Å². The van der Waals surface area contributed by atoms with Crippen molar-refractivity contribution in [2.45, 2.75) is 57.0 Å². The fraction of sp³-hybridized carbons (Fsp3) is 0.714. The highest BCUT2D eigenvalue weighted by atomic mass is 32.2. The van der Waals surface area contributed by atoms with Crippen molar-refractivity contribution in [2.75, 3.05) is 12.4 Å². The molecule has 1 saturated heterocycles. The number of ether oxygens (including phenoxy) is 1. The highest BCUT2D eigenvalue weighted by Crippen LogP contribution is 2.17. The topological polar surface area (TPSA) is 118 Å². The van der Waals surface area contributed by atoms with Crippen molar-refractivity contribution in [1.82, 2.24) is 25.4 Å². The lowest BCUT2D eigenvalue weighted by molar-refractivity contribution is -0.117. The summed E-state index contributed by atoms with van der Waals surface area (Å²) in [6.45, 7) is 4.90. The summed E-state index contributed by atoms with van der Waals surface area (Å²) in [6, 6.07) is -0.526. The van der Waals surface area contributed by atoms with Crippen LogP contribution in [0.15, 0.2) is 9.95 Å². The van der Waals surface area contributed by atoms with E-state index in [4.69, 9.17) is 4.74 Å². The first-order chi connectivity index (χ1) is 11.5. The van der Waals surface area contributed by atoms with E-state index in [1.807, 2.05) is 13.8 Å². The Morgan fingerprint density at radius 2 is 2.33 bits per heavy atom. The van der Waals surface area contributed by atoms with Gasteiger partial charge in [-0.05, 0) is 26.2 Å². The van der Waals surface area contributed by atoms with Crippen LogP contribution < -0.4 is 16.3 Å². The Bertz CT molecular complexity index is 623. The molecule has 0 aliphatic carbocycles. The lowest BCUT2D eigenvalue weighted by atomic mass is 10.2. The Morgan fingerprint density at radius 3 is 3.00 bits per heavy atom. The molecular weight excluding hydrogens is 334 g/mol. The zero-order chi connectivity index (χ0) is 17.5. The number of urea groups is 1. The number of nitrogens with zero attached hydrogens (tertiary/aromatic N) is 2. The average molecular weight is 357 g/mol. The number of H-pyrrole nitrogens is 1. The lowest BCUT2D eigenvalue weighted by Crippen LogP contribution is -2.43. The number of carbonyl (C=O) groups excluding carboxylic acids is 2. The molecule has 9 nitrogen and oxygen atoms in total. The van der Waals surface area contributed by atoms with Gasteiger partial charge in [0.2, 0.25) is 5.91 Å². The molecule has 134 valence electrons. The monoisotopic (exact) mass is 357 g/mol. The first kappa shape index (κ1) is 18.5. The second kappa shape index (κ2) is 8.88. The van der Waals surface area contributed by atoms with Gasteiger partial charge in [0.25, 0.3) is 0 Å². The van der Waals surface area contributed by atoms with Crippen LogP contribution in [0.4, 0.5) is 4.79 Å². The molecule has 0 spiro atoms. The van der Waals surface area contributed by atoms with Crippen molar-refractivity contribution < 1.29 is 14.3 Å². The van der Waals surface area contributed by atoms with Gasteiger partial charge in [-0.1, -0.05) is 18.7 Å². The third kappa shape index (κ3) is 5.38. The van der Waals surface area contributed by atoms with Gasteiger partial charge in [-0.2, -0.15) is 0 Å². The second-order valence-electron chi connectivity index (χ2n) is 5.68. The molecular formula is C14H23N5O4S. The smallest absolute Gasteiger partial charge is 0.344 e. The van der Waals surface area contributed by atoms with E-state index in [1.54, 1.807) is 0 Å². The molecule has 0 bridgehead atoms. The maximum atomic E-state index is 11.8. The minimum atomic E-state index is -0.520. The van der Waals surface area contributed by atoms with E-state index >= 15 is 0 Å². The number of amides is 3. The normalized spacial score (nSPS) is 18.3. The Morgan fingerprint density at radius 1 is 1.54 bits per heavy atom. The summed E-state index contributed by atoms with van der Waals surface area (Å²) in [5, 5.41) is 11.6. The average Bonchev–Trinajstić information content (AvgIpc) is 3.17. The van der Waals surface area contributed by atoms with Crippen LogP contribution in [0.3, 0.4) is 0 Å². The summed E-state index contributed by atoms with van der Waals surface area (Å²) in [6.07, 6.45) is 2.65. The number of carbonyl (C=O) groups is 2. The molecule has 0 saturated carbocycles. The summed E-state index contributed by atoms with van der Waals surface area (Å²) in [4.78, 5) is 35.2. The Labute approximate surface area is 143 Å². The number of aromatic amines is 1. The van der Waals surface area contributed by atoms with Crippen LogP contribution in [-0.2, 0) is 16.1 Å². The van der Waals surface area contributed by atoms with Crippen LogP contribution >= 0.6 is 11.8 Å². The highest BCUT2D eigenvalue weighted by Gasteiger charge is 2.20. The van der Waals surface area contributed by atoms with Crippen LogP contribution in [-0.4, -0.2) is 51.2 Å². The van der Waals surface area contributed by atoms with Crippen molar-refractivity contribution in [1.29, 1.82) is 0 Å². The zero-order valence-electron chi connectivity index (χ0n) is 13.8. The molecule has 1 fully saturated rings. The number of hydrogen-bond acceptors (Lipinski definition) is 6. The van der Waals surface area contributed by atoms with Crippen molar-refractivity contribution in [3.05, 3.63) is 10.5 Å². The first-order valence-electron chi connectivity index (χ1n) is 7.99. The molecule has 1 aliphatic heterocycles. The quantitative estimate of drug-likeness (QED) is 0.611. The number of imide groups is 1. The van der Waals surface area contributed by atoms with Crippen LogP contribution in [0, 0.1) is 0 Å². The van der Waals surface area contributed by atoms with Gasteiger partial charge in [0.1, 0.15) is 0 Å². The summed E-state index contributed by atoms with van der Waals surface area (Å²) >= 11 is 1.10. The highest BCUT2D eigenvalue weighted by molar-refractivity contribution is 7.99. The molecule has 2 heterocycles. The van der Waals surface area contributed by atoms with Crippen molar-refractivity contribution >= 4 is 23.7 Å². The largest absolute Gasteiger partial charge is 0.376 e. The predicted octanol–water partition coefficient (Wildman–Crippen LogP) is 0.467. The third-order valence-corrected chi connectivity index (χ3v) is 4.69. The molecule has 2 atom stereocenters. The van der Waals surface area contributed by atoms with Gasteiger partial charge in [-0.25, -0.2) is 14.7 Å². The fourth-order valence-electron chi connectivity index (χ4n) is 2.22. The lowest BCUT2D eigenvalue weighted by Gasteiger charge is -2.12. The van der Waals surface area contributed by atoms with Crippen LogP contribution in [0.1, 0.15) is 33.1 Å². The van der Waals surface area contributed by atoms with Crippen molar-refractivity contribution in [3.63, 3.8) is 0 Å². The molecule has 0 unspecified atom stereocenters. The molecule has 0 radical (unpaired) electrons. The van der Waals surface area contributed by atoms with Crippen LogP contribution in [0.2, 0.25) is 0 Å². The van der Waals surface area contributed by atoms with Gasteiger partial charge in [0.15, 0.2) is 5.16 Å². The van der Waals surface area contributed by atoms with Crippen LogP contribution in [0.5, 0.6) is 0 Å². The number of hydrogen-bond donors (Lipinski definition) is 3. The molecule has 0 aromatic carbocycles. The minimum absolute atomic E-state index is 0.00483. The zero-order valence-corrected chi connectivity index (χ0v) is 14.6. The summed E-state index contributed by atoms with van der Waals surface area (Å²) < 4.78 is 6.98. The Hall–Kier alpha value is -1.81. The second-order valence-corrected chi connectivity index (χ2v) is 6.62. The SMILES string of the molecule is CC[C@@H](C)NC(=O)NC(=O)CSc1n[nH]c(=O)n1C[C@@H]1CCCO1. The van der Waals surface area contributed by atoms with Gasteiger partial charge in [0.05, 0.1) is 18.4 Å². The molecule has 1 aliphatic rings. The third-order valence-electron chi connectivity index (χ3n) is 3.71. The standard InChI is InChI=1S/C14H23N5O4S/c1-3-9(2)15-12(21)16-11(20)8-24-14-18-17-13(22)19(14)7-10-5-4-6-23-10/h9-10H,3-8H2,1-2H3,(H,17,22)(H2,15,16,20,21)/t9-,10+/m1/s1. The maximum absolute atomic E-state index is 11.8. The van der Waals surface area contributed by atoms with E-state index in [1.165, 1.54) is 4.57 Å². The molecule has 3 amide bonds. The number of rotatable bonds is 7. The summed E-state index contributed by atoms with van der Waals surface area (Å²) in [5.41, 5.74) is -0.331. The molecule has 1 aromatic heterocycles. The van der Waals surface area contributed by atoms with Gasteiger partial charge >= 0.3 is 11.7 Å².